The van der Waals surface area contributed by atoms with Crippen molar-refractivity contribution in [2.75, 3.05) is 43.9 Å². The summed E-state index contributed by atoms with van der Waals surface area (Å²) in [6.07, 6.45) is 1.76. The van der Waals surface area contributed by atoms with E-state index in [9.17, 15) is 4.79 Å². The highest BCUT2D eigenvalue weighted by Gasteiger charge is 2.14. The van der Waals surface area contributed by atoms with Crippen molar-refractivity contribution in [2.45, 2.75) is 13.5 Å². The average Bonchev–Trinajstić information content (AvgIpc) is 3.37. The predicted octanol–water partition coefficient (Wildman–Crippen LogP) is 5.26. The van der Waals surface area contributed by atoms with Crippen molar-refractivity contribution in [3.05, 3.63) is 88.9 Å². The van der Waals surface area contributed by atoms with Crippen molar-refractivity contribution < 1.29 is 4.79 Å². The monoisotopic (exact) mass is 498 g/mol. The molecule has 1 saturated heterocycles. The van der Waals surface area contributed by atoms with Crippen molar-refractivity contribution in [3.63, 3.8) is 0 Å². The predicted molar refractivity (Wildman–Crippen MR) is 147 cm³/mol. The number of aromatic nitrogens is 2. The van der Waals surface area contributed by atoms with E-state index in [2.05, 4.69) is 49.6 Å². The number of anilines is 3. The van der Waals surface area contributed by atoms with Crippen LogP contribution in [0.2, 0.25) is 0 Å². The summed E-state index contributed by atoms with van der Waals surface area (Å²) in [6, 6.07) is 19.6. The summed E-state index contributed by atoms with van der Waals surface area (Å²) in [5.74, 6) is -0.123. The first-order valence-corrected chi connectivity index (χ1v) is 13.0. The van der Waals surface area contributed by atoms with E-state index in [1.54, 1.807) is 6.20 Å². The largest absolute Gasteiger partial charge is 0.331 e. The third kappa shape index (κ3) is 5.96. The van der Waals surface area contributed by atoms with E-state index < -0.39 is 0 Å². The molecule has 1 aliphatic rings. The van der Waals surface area contributed by atoms with Gasteiger partial charge >= 0.3 is 0 Å². The van der Waals surface area contributed by atoms with Crippen LogP contribution in [0.4, 0.5) is 16.5 Å². The van der Waals surface area contributed by atoms with Crippen molar-refractivity contribution in [3.8, 4) is 11.4 Å². The first-order valence-electron chi connectivity index (χ1n) is 12.1. The van der Waals surface area contributed by atoms with Crippen molar-refractivity contribution in [1.82, 2.24) is 19.8 Å². The van der Waals surface area contributed by atoms with Gasteiger partial charge < -0.3 is 15.5 Å². The molecule has 2 aromatic heterocycles. The second kappa shape index (κ2) is 11.0. The molecular weight excluding hydrogens is 468 g/mol. The van der Waals surface area contributed by atoms with E-state index in [0.29, 0.717) is 5.56 Å². The standard InChI is InChI=1S/C28H30N6OS/c1-20-6-11-23(17-25(20)31-28-32-26(19-36-28)24-5-3-4-12-29-24)30-27(35)22-9-7-21(8-10-22)18-34-15-13-33(2)14-16-34/h3-12,17,19H,13-16,18H2,1-2H3,(H,30,35)(H,31,32). The van der Waals surface area contributed by atoms with E-state index in [1.807, 2.05) is 60.8 Å². The Bertz CT molecular complexity index is 1310. The van der Waals surface area contributed by atoms with Crippen molar-refractivity contribution in [2.24, 2.45) is 0 Å². The Kier molecular flexibility index (Phi) is 7.36. The van der Waals surface area contributed by atoms with Crippen LogP contribution in [-0.4, -0.2) is 58.9 Å². The van der Waals surface area contributed by atoms with Gasteiger partial charge in [-0.2, -0.15) is 0 Å². The molecule has 0 aliphatic carbocycles. The van der Waals surface area contributed by atoms with E-state index >= 15 is 0 Å². The topological polar surface area (TPSA) is 73.4 Å². The summed E-state index contributed by atoms with van der Waals surface area (Å²) in [7, 11) is 2.16. The minimum Gasteiger partial charge on any atom is -0.331 e. The lowest BCUT2D eigenvalue weighted by Gasteiger charge is -2.32. The molecule has 0 atom stereocenters. The van der Waals surface area contributed by atoms with Crippen LogP contribution in [0.1, 0.15) is 21.5 Å². The van der Waals surface area contributed by atoms with Gasteiger partial charge in [-0.15, -0.1) is 11.3 Å². The molecule has 1 aliphatic heterocycles. The fourth-order valence-electron chi connectivity index (χ4n) is 4.14. The zero-order valence-electron chi connectivity index (χ0n) is 20.6. The molecule has 0 unspecified atom stereocenters. The number of carbonyl (C=O) groups excluding carboxylic acids is 1. The Morgan fingerprint density at radius 1 is 1.00 bits per heavy atom. The van der Waals surface area contributed by atoms with Gasteiger partial charge in [0.1, 0.15) is 5.69 Å². The zero-order valence-corrected chi connectivity index (χ0v) is 21.4. The van der Waals surface area contributed by atoms with Crippen LogP contribution in [0.25, 0.3) is 11.4 Å². The summed E-state index contributed by atoms with van der Waals surface area (Å²) < 4.78 is 0. The van der Waals surface area contributed by atoms with Gasteiger partial charge in [0.15, 0.2) is 5.13 Å². The number of amides is 1. The molecule has 184 valence electrons. The molecule has 2 N–H and O–H groups in total. The smallest absolute Gasteiger partial charge is 0.255 e. The maximum atomic E-state index is 12.9. The molecule has 36 heavy (non-hydrogen) atoms. The molecule has 5 rings (SSSR count). The molecule has 2 aromatic carbocycles. The van der Waals surface area contributed by atoms with Gasteiger partial charge in [-0.1, -0.05) is 24.3 Å². The lowest BCUT2D eigenvalue weighted by atomic mass is 10.1. The first-order chi connectivity index (χ1) is 17.5. The highest BCUT2D eigenvalue weighted by atomic mass is 32.1. The van der Waals surface area contributed by atoms with Crippen LogP contribution in [-0.2, 0) is 6.54 Å². The molecule has 4 aromatic rings. The molecule has 0 radical (unpaired) electrons. The molecule has 8 heteroatoms. The average molecular weight is 499 g/mol. The third-order valence-electron chi connectivity index (χ3n) is 6.39. The number of nitrogens with zero attached hydrogens (tertiary/aromatic N) is 4. The second-order valence-electron chi connectivity index (χ2n) is 9.14. The maximum absolute atomic E-state index is 12.9. The van der Waals surface area contributed by atoms with Gasteiger partial charge in [-0.05, 0) is 61.5 Å². The molecule has 1 fully saturated rings. The lowest BCUT2D eigenvalue weighted by Crippen LogP contribution is -2.43. The van der Waals surface area contributed by atoms with Crippen LogP contribution >= 0.6 is 11.3 Å². The fourth-order valence-corrected chi connectivity index (χ4v) is 4.86. The van der Waals surface area contributed by atoms with Crippen LogP contribution in [0.3, 0.4) is 0 Å². The quantitative estimate of drug-likeness (QED) is 0.362. The summed E-state index contributed by atoms with van der Waals surface area (Å²) >= 11 is 1.52. The normalized spacial score (nSPS) is 14.5. The minimum absolute atomic E-state index is 0.123. The summed E-state index contributed by atoms with van der Waals surface area (Å²) in [6.45, 7) is 7.30. The number of aryl methyl sites for hydroxylation is 1. The number of piperazine rings is 1. The lowest BCUT2D eigenvalue weighted by molar-refractivity contribution is 0.102. The van der Waals surface area contributed by atoms with Gasteiger partial charge in [0.25, 0.3) is 5.91 Å². The number of hydrogen-bond acceptors (Lipinski definition) is 7. The number of nitrogens with one attached hydrogen (secondary N) is 2. The molecule has 0 bridgehead atoms. The van der Waals surface area contributed by atoms with Crippen LogP contribution in [0, 0.1) is 6.92 Å². The highest BCUT2D eigenvalue weighted by Crippen LogP contribution is 2.29. The van der Waals surface area contributed by atoms with Crippen molar-refractivity contribution >= 4 is 33.8 Å². The number of pyridine rings is 1. The Hall–Kier alpha value is -3.59. The van der Waals surface area contributed by atoms with E-state index in [1.165, 1.54) is 16.9 Å². The SMILES string of the molecule is Cc1ccc(NC(=O)c2ccc(CN3CCN(C)CC3)cc2)cc1Nc1nc(-c2ccccn2)cs1. The second-order valence-corrected chi connectivity index (χ2v) is 10.00. The van der Waals surface area contributed by atoms with E-state index in [0.717, 1.165) is 66.2 Å². The van der Waals surface area contributed by atoms with Gasteiger partial charge in [-0.3, -0.25) is 14.7 Å². The van der Waals surface area contributed by atoms with Gasteiger partial charge in [0.2, 0.25) is 0 Å². The first kappa shape index (κ1) is 24.1. The third-order valence-corrected chi connectivity index (χ3v) is 7.14. The molecule has 1 amide bonds. The van der Waals surface area contributed by atoms with Crippen LogP contribution in [0.15, 0.2) is 72.2 Å². The minimum atomic E-state index is -0.123. The Morgan fingerprint density at radius 2 is 1.81 bits per heavy atom. The van der Waals surface area contributed by atoms with Crippen molar-refractivity contribution in [1.29, 1.82) is 0 Å². The number of carbonyl (C=O) groups is 1. The fraction of sp³-hybridized carbons (Fsp3) is 0.250. The van der Waals surface area contributed by atoms with E-state index in [4.69, 9.17) is 0 Å². The van der Waals surface area contributed by atoms with E-state index in [-0.39, 0.29) is 5.91 Å². The molecule has 3 heterocycles. The Labute approximate surface area is 215 Å². The van der Waals surface area contributed by atoms with Gasteiger partial charge in [0.05, 0.1) is 5.69 Å². The number of thiazole rings is 1. The zero-order chi connectivity index (χ0) is 24.9. The highest BCUT2D eigenvalue weighted by molar-refractivity contribution is 7.14. The number of rotatable bonds is 7. The summed E-state index contributed by atoms with van der Waals surface area (Å²) in [5.41, 5.74) is 6.25. The Morgan fingerprint density at radius 3 is 2.56 bits per heavy atom. The van der Waals surface area contributed by atoms with Gasteiger partial charge in [-0.25, -0.2) is 4.98 Å². The number of hydrogen-bond donors (Lipinski definition) is 2. The number of likely N-dealkylation sites (N-methyl/N-ethyl adjacent to an activating group) is 1. The summed E-state index contributed by atoms with van der Waals surface area (Å²) in [5, 5.41) is 9.17. The molecule has 0 saturated carbocycles. The van der Waals surface area contributed by atoms with Crippen LogP contribution in [0.5, 0.6) is 0 Å². The van der Waals surface area contributed by atoms with Gasteiger partial charge in [0, 0.05) is 61.2 Å². The molecule has 7 nitrogen and oxygen atoms in total. The Balaban J connectivity index is 1.22. The summed E-state index contributed by atoms with van der Waals surface area (Å²) in [4.78, 5) is 26.7. The number of benzene rings is 2. The molecule has 0 spiro atoms. The van der Waals surface area contributed by atoms with Crippen LogP contribution < -0.4 is 10.6 Å². The maximum Gasteiger partial charge on any atom is 0.255 e. The molecular formula is C28H30N6OS.